The van der Waals surface area contributed by atoms with E-state index in [4.69, 9.17) is 14.2 Å². The van der Waals surface area contributed by atoms with Crippen LogP contribution in [0.5, 0.6) is 17.2 Å². The second kappa shape index (κ2) is 7.95. The monoisotopic (exact) mass is 368 g/mol. The summed E-state index contributed by atoms with van der Waals surface area (Å²) in [6.45, 7) is 4.03. The summed E-state index contributed by atoms with van der Waals surface area (Å²) in [7, 11) is 1.31. The number of fused-ring (bicyclic) bond motifs is 1. The van der Waals surface area contributed by atoms with E-state index in [0.29, 0.717) is 35.0 Å². The van der Waals surface area contributed by atoms with Gasteiger partial charge in [-0.3, -0.25) is 4.79 Å². The van der Waals surface area contributed by atoms with E-state index >= 15 is 0 Å². The molecule has 0 unspecified atom stereocenters. The van der Waals surface area contributed by atoms with E-state index in [2.05, 4.69) is 4.74 Å². The van der Waals surface area contributed by atoms with E-state index in [0.717, 1.165) is 0 Å². The quantitative estimate of drug-likeness (QED) is 0.573. The third kappa shape index (κ3) is 4.11. The van der Waals surface area contributed by atoms with E-state index in [1.807, 2.05) is 13.0 Å². The van der Waals surface area contributed by atoms with E-state index in [9.17, 15) is 9.59 Å². The van der Waals surface area contributed by atoms with Gasteiger partial charge in [-0.15, -0.1) is 0 Å². The molecule has 0 aromatic heterocycles. The first kappa shape index (κ1) is 18.5. The van der Waals surface area contributed by atoms with Gasteiger partial charge in [0.25, 0.3) is 0 Å². The van der Waals surface area contributed by atoms with E-state index in [1.54, 1.807) is 49.4 Å². The number of ether oxygens (including phenoxy) is 4. The highest BCUT2D eigenvalue weighted by Crippen LogP contribution is 2.35. The minimum Gasteiger partial charge on any atom is -0.494 e. The zero-order chi connectivity index (χ0) is 19.4. The molecule has 2 aromatic carbocycles. The molecule has 1 heterocycles. The first-order chi connectivity index (χ1) is 13.0. The number of hydrogen-bond acceptors (Lipinski definition) is 6. The highest BCUT2D eigenvalue weighted by molar-refractivity contribution is 6.14. The van der Waals surface area contributed by atoms with Gasteiger partial charge in [0.1, 0.15) is 17.2 Å². The summed E-state index contributed by atoms with van der Waals surface area (Å²) in [4.78, 5) is 24.0. The lowest BCUT2D eigenvalue weighted by atomic mass is 10.1. The highest BCUT2D eigenvalue weighted by atomic mass is 16.6. The number of Topliss-reactive ketones (excluding diaryl/α,β-unsaturated/α-hetero) is 1. The minimum atomic E-state index is -0.733. The number of allylic oxidation sites excluding steroid dienone is 1. The molecule has 2 aromatic rings. The Morgan fingerprint density at radius 1 is 1.19 bits per heavy atom. The van der Waals surface area contributed by atoms with Crippen LogP contribution in [0.4, 0.5) is 0 Å². The Morgan fingerprint density at radius 3 is 2.74 bits per heavy atom. The van der Waals surface area contributed by atoms with Gasteiger partial charge in [-0.1, -0.05) is 12.1 Å². The predicted molar refractivity (Wildman–Crippen MR) is 99.1 cm³/mol. The Kier molecular flexibility index (Phi) is 5.45. The summed E-state index contributed by atoms with van der Waals surface area (Å²) in [5, 5.41) is 0. The van der Waals surface area contributed by atoms with Crippen LogP contribution in [0.2, 0.25) is 0 Å². The topological polar surface area (TPSA) is 71.1 Å². The largest absolute Gasteiger partial charge is 0.494 e. The highest BCUT2D eigenvalue weighted by Gasteiger charge is 2.27. The average Bonchev–Trinajstić information content (AvgIpc) is 2.96. The van der Waals surface area contributed by atoms with Gasteiger partial charge in [0, 0.05) is 6.07 Å². The van der Waals surface area contributed by atoms with Crippen LogP contribution >= 0.6 is 0 Å². The standard InChI is InChI=1S/C21H20O6/c1-4-25-15-8-9-17-18(12-15)27-19(20(17)22)11-14-6-5-7-16(10-14)26-13(2)21(23)24-3/h5-13H,4H2,1-3H3/b19-11-/t13-/m1/s1. The summed E-state index contributed by atoms with van der Waals surface area (Å²) < 4.78 is 21.3. The van der Waals surface area contributed by atoms with Gasteiger partial charge in [0.2, 0.25) is 5.78 Å². The van der Waals surface area contributed by atoms with Crippen molar-refractivity contribution in [1.29, 1.82) is 0 Å². The lowest BCUT2D eigenvalue weighted by Crippen LogP contribution is -2.24. The van der Waals surface area contributed by atoms with Gasteiger partial charge in [-0.25, -0.2) is 4.79 Å². The zero-order valence-corrected chi connectivity index (χ0v) is 15.4. The molecule has 0 spiro atoms. The maximum Gasteiger partial charge on any atom is 0.346 e. The molecule has 1 atom stereocenters. The molecule has 0 aliphatic carbocycles. The summed E-state index contributed by atoms with van der Waals surface area (Å²) in [6, 6.07) is 12.2. The van der Waals surface area contributed by atoms with E-state index in [1.165, 1.54) is 7.11 Å². The first-order valence-electron chi connectivity index (χ1n) is 8.57. The fourth-order valence-corrected chi connectivity index (χ4v) is 2.67. The van der Waals surface area contributed by atoms with E-state index in [-0.39, 0.29) is 11.5 Å². The number of hydrogen-bond donors (Lipinski definition) is 0. The summed E-state index contributed by atoms with van der Waals surface area (Å²) in [5.74, 6) is 1.18. The van der Waals surface area contributed by atoms with Gasteiger partial charge >= 0.3 is 5.97 Å². The Hall–Kier alpha value is -3.28. The summed E-state index contributed by atoms with van der Waals surface area (Å²) in [6.07, 6.45) is 0.904. The van der Waals surface area contributed by atoms with Crippen molar-refractivity contribution < 1.29 is 28.5 Å². The van der Waals surface area contributed by atoms with Crippen LogP contribution in [0.3, 0.4) is 0 Å². The van der Waals surface area contributed by atoms with Gasteiger partial charge in [-0.05, 0) is 49.8 Å². The van der Waals surface area contributed by atoms with Crippen LogP contribution in [-0.2, 0) is 9.53 Å². The van der Waals surface area contributed by atoms with Crippen molar-refractivity contribution in [3.63, 3.8) is 0 Å². The molecule has 1 aliphatic heterocycles. The molecule has 0 radical (unpaired) electrons. The maximum atomic E-state index is 12.5. The van der Waals surface area contributed by atoms with Crippen LogP contribution in [0.25, 0.3) is 6.08 Å². The van der Waals surface area contributed by atoms with Gasteiger partial charge in [-0.2, -0.15) is 0 Å². The maximum absolute atomic E-state index is 12.5. The number of rotatable bonds is 6. The van der Waals surface area contributed by atoms with Crippen LogP contribution in [0.1, 0.15) is 29.8 Å². The van der Waals surface area contributed by atoms with Crippen LogP contribution in [0.15, 0.2) is 48.2 Å². The Morgan fingerprint density at radius 2 is 2.00 bits per heavy atom. The minimum absolute atomic E-state index is 0.192. The zero-order valence-electron chi connectivity index (χ0n) is 15.4. The van der Waals surface area contributed by atoms with Crippen molar-refractivity contribution in [3.8, 4) is 17.2 Å². The van der Waals surface area contributed by atoms with Crippen LogP contribution < -0.4 is 14.2 Å². The van der Waals surface area contributed by atoms with Crippen LogP contribution in [-0.4, -0.2) is 31.6 Å². The Bertz CT molecular complexity index is 899. The second-order valence-electron chi connectivity index (χ2n) is 5.89. The van der Waals surface area contributed by atoms with Crippen molar-refractivity contribution >= 4 is 17.8 Å². The molecule has 0 saturated carbocycles. The first-order valence-corrected chi connectivity index (χ1v) is 8.57. The lowest BCUT2D eigenvalue weighted by molar-refractivity contribution is -0.147. The molecule has 1 aliphatic rings. The molecule has 0 N–H and O–H groups in total. The number of ketones is 1. The number of esters is 1. The van der Waals surface area contributed by atoms with Crippen molar-refractivity contribution in [2.45, 2.75) is 20.0 Å². The number of carbonyl (C=O) groups excluding carboxylic acids is 2. The number of methoxy groups -OCH3 is 1. The van der Waals surface area contributed by atoms with Crippen molar-refractivity contribution in [1.82, 2.24) is 0 Å². The average molecular weight is 368 g/mol. The molecular weight excluding hydrogens is 348 g/mol. The molecule has 6 heteroatoms. The summed E-state index contributed by atoms with van der Waals surface area (Å²) >= 11 is 0. The third-order valence-corrected chi connectivity index (χ3v) is 3.95. The van der Waals surface area contributed by atoms with E-state index < -0.39 is 12.1 Å². The number of carbonyl (C=O) groups is 2. The molecule has 27 heavy (non-hydrogen) atoms. The molecular formula is C21H20O6. The number of benzene rings is 2. The molecule has 6 nitrogen and oxygen atoms in total. The lowest BCUT2D eigenvalue weighted by Gasteiger charge is -2.12. The Labute approximate surface area is 157 Å². The predicted octanol–water partition coefficient (Wildman–Crippen LogP) is 3.64. The fourth-order valence-electron chi connectivity index (χ4n) is 2.67. The van der Waals surface area contributed by atoms with Gasteiger partial charge in [0.15, 0.2) is 11.9 Å². The smallest absolute Gasteiger partial charge is 0.346 e. The van der Waals surface area contributed by atoms with Crippen molar-refractivity contribution in [2.75, 3.05) is 13.7 Å². The molecule has 0 fully saturated rings. The van der Waals surface area contributed by atoms with Gasteiger partial charge < -0.3 is 18.9 Å². The Balaban J connectivity index is 1.80. The molecule has 0 bridgehead atoms. The van der Waals surface area contributed by atoms with Crippen LogP contribution in [0, 0.1) is 0 Å². The fraction of sp³-hybridized carbons (Fsp3) is 0.238. The second-order valence-corrected chi connectivity index (χ2v) is 5.89. The normalized spacial score (nSPS) is 15.1. The molecule has 0 amide bonds. The molecule has 3 rings (SSSR count). The van der Waals surface area contributed by atoms with Crippen molar-refractivity contribution in [3.05, 3.63) is 59.4 Å². The third-order valence-electron chi connectivity index (χ3n) is 3.95. The van der Waals surface area contributed by atoms with Crippen molar-refractivity contribution in [2.24, 2.45) is 0 Å². The molecule has 0 saturated heterocycles. The SMILES string of the molecule is CCOc1ccc2c(c1)O/C(=C\c1cccc(O[C@H](C)C(=O)OC)c1)C2=O. The summed E-state index contributed by atoms with van der Waals surface area (Å²) in [5.41, 5.74) is 1.21. The molecule has 140 valence electrons. The van der Waals surface area contributed by atoms with Gasteiger partial charge in [0.05, 0.1) is 19.3 Å².